The van der Waals surface area contributed by atoms with Gasteiger partial charge in [-0.25, -0.2) is 9.97 Å². The van der Waals surface area contributed by atoms with E-state index in [4.69, 9.17) is 4.74 Å². The number of hydrogen-bond donors (Lipinski definition) is 2. The first-order chi connectivity index (χ1) is 13.8. The highest BCUT2D eigenvalue weighted by Gasteiger charge is 2.14. The minimum atomic E-state index is -0.0742. The molecule has 0 unspecified atom stereocenters. The highest BCUT2D eigenvalue weighted by molar-refractivity contribution is 5.95. The van der Waals surface area contributed by atoms with Crippen LogP contribution < -0.4 is 10.6 Å². The lowest BCUT2D eigenvalue weighted by Crippen LogP contribution is -2.25. The standard InChI is InChI=1S/C22H30N4O2/c1-2-28-13-7-12-23-21(27)18-9-6-8-17(14-18)19-15-24-22(25-16-19)26-20-10-4-3-5-11-20/h6,8-9,14-16,20H,2-5,7,10-13H2,1H3,(H,23,27)(H,24,25,26). The molecule has 6 nitrogen and oxygen atoms in total. The maximum atomic E-state index is 12.3. The maximum absolute atomic E-state index is 12.3. The van der Waals surface area contributed by atoms with Gasteiger partial charge in [-0.15, -0.1) is 0 Å². The minimum Gasteiger partial charge on any atom is -0.382 e. The van der Waals surface area contributed by atoms with Gasteiger partial charge in [-0.2, -0.15) is 0 Å². The van der Waals surface area contributed by atoms with Crippen molar-refractivity contribution in [2.45, 2.75) is 51.5 Å². The first-order valence-electron chi connectivity index (χ1n) is 10.3. The molecule has 28 heavy (non-hydrogen) atoms. The second-order valence-electron chi connectivity index (χ2n) is 7.16. The Kier molecular flexibility index (Phi) is 7.79. The predicted octanol–water partition coefficient (Wildman–Crippen LogP) is 4.04. The fraction of sp³-hybridized carbons (Fsp3) is 0.500. The van der Waals surface area contributed by atoms with Gasteiger partial charge in [0.25, 0.3) is 5.91 Å². The van der Waals surface area contributed by atoms with E-state index in [0.29, 0.717) is 37.3 Å². The second-order valence-corrected chi connectivity index (χ2v) is 7.16. The van der Waals surface area contributed by atoms with Crippen molar-refractivity contribution < 1.29 is 9.53 Å². The molecule has 0 bridgehead atoms. The van der Waals surface area contributed by atoms with Crippen LogP contribution >= 0.6 is 0 Å². The SMILES string of the molecule is CCOCCCNC(=O)c1cccc(-c2cnc(NC3CCCCC3)nc2)c1. The van der Waals surface area contributed by atoms with Gasteiger partial charge in [-0.05, 0) is 43.9 Å². The van der Waals surface area contributed by atoms with Crippen molar-refractivity contribution in [3.63, 3.8) is 0 Å². The molecule has 2 N–H and O–H groups in total. The maximum Gasteiger partial charge on any atom is 0.251 e. The van der Waals surface area contributed by atoms with Crippen molar-refractivity contribution in [1.29, 1.82) is 0 Å². The van der Waals surface area contributed by atoms with E-state index in [-0.39, 0.29) is 5.91 Å². The van der Waals surface area contributed by atoms with Crippen molar-refractivity contribution in [3.05, 3.63) is 42.2 Å². The predicted molar refractivity (Wildman–Crippen MR) is 111 cm³/mol. The third kappa shape index (κ3) is 6.02. The molecule has 0 spiro atoms. The number of carbonyl (C=O) groups is 1. The molecule has 0 saturated heterocycles. The van der Waals surface area contributed by atoms with Gasteiger partial charge in [-0.3, -0.25) is 4.79 Å². The van der Waals surface area contributed by atoms with E-state index in [9.17, 15) is 4.79 Å². The monoisotopic (exact) mass is 382 g/mol. The summed E-state index contributed by atoms with van der Waals surface area (Å²) in [5.41, 5.74) is 2.48. The zero-order chi connectivity index (χ0) is 19.6. The number of ether oxygens (including phenoxy) is 1. The first-order valence-corrected chi connectivity index (χ1v) is 10.3. The van der Waals surface area contributed by atoms with Crippen LogP contribution in [-0.2, 0) is 4.74 Å². The average molecular weight is 383 g/mol. The van der Waals surface area contributed by atoms with Crippen LogP contribution in [0.1, 0.15) is 55.8 Å². The quantitative estimate of drug-likeness (QED) is 0.640. The van der Waals surface area contributed by atoms with Gasteiger partial charge >= 0.3 is 0 Å². The van der Waals surface area contributed by atoms with Gasteiger partial charge in [0.05, 0.1) is 0 Å². The van der Waals surface area contributed by atoms with Crippen LogP contribution in [0.3, 0.4) is 0 Å². The van der Waals surface area contributed by atoms with Gasteiger partial charge in [0.15, 0.2) is 0 Å². The van der Waals surface area contributed by atoms with Crippen molar-refractivity contribution in [2.24, 2.45) is 0 Å². The average Bonchev–Trinajstić information content (AvgIpc) is 2.75. The molecule has 0 radical (unpaired) electrons. The summed E-state index contributed by atoms with van der Waals surface area (Å²) in [5, 5.41) is 6.36. The molecule has 2 aromatic rings. The Morgan fingerprint density at radius 1 is 1.14 bits per heavy atom. The Hall–Kier alpha value is -2.47. The van der Waals surface area contributed by atoms with Crippen LogP contribution in [0.2, 0.25) is 0 Å². The largest absolute Gasteiger partial charge is 0.382 e. The zero-order valence-electron chi connectivity index (χ0n) is 16.6. The molecule has 1 fully saturated rings. The lowest BCUT2D eigenvalue weighted by molar-refractivity contribution is 0.0944. The number of nitrogens with zero attached hydrogens (tertiary/aromatic N) is 2. The Morgan fingerprint density at radius 2 is 1.93 bits per heavy atom. The van der Waals surface area contributed by atoms with E-state index in [1.807, 2.05) is 43.6 Å². The van der Waals surface area contributed by atoms with Crippen LogP contribution in [0.25, 0.3) is 11.1 Å². The van der Waals surface area contributed by atoms with Crippen molar-refractivity contribution in [1.82, 2.24) is 15.3 Å². The lowest BCUT2D eigenvalue weighted by atomic mass is 9.96. The van der Waals surface area contributed by atoms with E-state index in [2.05, 4.69) is 20.6 Å². The topological polar surface area (TPSA) is 76.1 Å². The third-order valence-electron chi connectivity index (χ3n) is 5.00. The zero-order valence-corrected chi connectivity index (χ0v) is 16.6. The molecule has 0 atom stereocenters. The van der Waals surface area contributed by atoms with Crippen LogP contribution in [0.15, 0.2) is 36.7 Å². The molecular weight excluding hydrogens is 352 g/mol. The molecule has 1 aromatic carbocycles. The lowest BCUT2D eigenvalue weighted by Gasteiger charge is -2.22. The number of hydrogen-bond acceptors (Lipinski definition) is 5. The summed E-state index contributed by atoms with van der Waals surface area (Å²) in [6.45, 7) is 3.93. The number of aromatic nitrogens is 2. The first kappa shape index (κ1) is 20.3. The number of carbonyl (C=O) groups excluding carboxylic acids is 1. The van der Waals surface area contributed by atoms with Crippen LogP contribution in [0, 0.1) is 0 Å². The van der Waals surface area contributed by atoms with Gasteiger partial charge in [0.1, 0.15) is 0 Å². The Morgan fingerprint density at radius 3 is 2.68 bits per heavy atom. The fourth-order valence-electron chi connectivity index (χ4n) is 3.44. The van der Waals surface area contributed by atoms with Crippen LogP contribution in [-0.4, -0.2) is 41.7 Å². The third-order valence-corrected chi connectivity index (χ3v) is 5.00. The van der Waals surface area contributed by atoms with Crippen molar-refractivity contribution in [3.8, 4) is 11.1 Å². The summed E-state index contributed by atoms with van der Waals surface area (Å²) in [6.07, 6.45) is 10.7. The fourth-order valence-corrected chi connectivity index (χ4v) is 3.44. The Labute approximate surface area is 167 Å². The number of anilines is 1. The van der Waals surface area contributed by atoms with Crippen LogP contribution in [0.4, 0.5) is 5.95 Å². The number of amides is 1. The molecule has 1 aliphatic rings. The highest BCUT2D eigenvalue weighted by Crippen LogP contribution is 2.22. The van der Waals surface area contributed by atoms with E-state index < -0.39 is 0 Å². The summed E-state index contributed by atoms with van der Waals surface area (Å²) >= 11 is 0. The van der Waals surface area contributed by atoms with Crippen molar-refractivity contribution >= 4 is 11.9 Å². The molecular formula is C22H30N4O2. The summed E-state index contributed by atoms with van der Waals surface area (Å²) < 4.78 is 5.29. The van der Waals surface area contributed by atoms with Gasteiger partial charge in [-0.1, -0.05) is 31.4 Å². The van der Waals surface area contributed by atoms with E-state index >= 15 is 0 Å². The molecule has 1 heterocycles. The summed E-state index contributed by atoms with van der Waals surface area (Å²) in [5.74, 6) is 0.605. The minimum absolute atomic E-state index is 0.0742. The molecule has 1 aliphatic carbocycles. The second kappa shape index (κ2) is 10.8. The highest BCUT2D eigenvalue weighted by atomic mass is 16.5. The van der Waals surface area contributed by atoms with Gasteiger partial charge < -0.3 is 15.4 Å². The molecule has 3 rings (SSSR count). The molecule has 1 saturated carbocycles. The van der Waals surface area contributed by atoms with E-state index in [1.54, 1.807) is 0 Å². The number of nitrogens with one attached hydrogen (secondary N) is 2. The molecule has 1 aromatic heterocycles. The summed E-state index contributed by atoms with van der Waals surface area (Å²) in [6, 6.07) is 8.04. The summed E-state index contributed by atoms with van der Waals surface area (Å²) in [7, 11) is 0. The summed E-state index contributed by atoms with van der Waals surface area (Å²) in [4.78, 5) is 21.3. The van der Waals surface area contributed by atoms with Crippen molar-refractivity contribution in [2.75, 3.05) is 25.1 Å². The molecule has 150 valence electrons. The van der Waals surface area contributed by atoms with E-state index in [0.717, 1.165) is 17.5 Å². The van der Waals surface area contributed by atoms with Gasteiger partial charge in [0, 0.05) is 49.3 Å². The molecule has 6 heteroatoms. The smallest absolute Gasteiger partial charge is 0.251 e. The van der Waals surface area contributed by atoms with Crippen LogP contribution in [0.5, 0.6) is 0 Å². The number of benzene rings is 1. The normalized spacial score (nSPS) is 14.6. The molecule has 0 aliphatic heterocycles. The molecule has 1 amide bonds. The Balaban J connectivity index is 1.57. The van der Waals surface area contributed by atoms with E-state index in [1.165, 1.54) is 32.1 Å². The Bertz CT molecular complexity index is 742. The number of rotatable bonds is 9. The van der Waals surface area contributed by atoms with Gasteiger partial charge in [0.2, 0.25) is 5.95 Å².